The van der Waals surface area contributed by atoms with Crippen LogP contribution in [0.2, 0.25) is 0 Å². The van der Waals surface area contributed by atoms with E-state index in [4.69, 9.17) is 0 Å². The van der Waals surface area contributed by atoms with E-state index in [2.05, 4.69) is 224 Å². The van der Waals surface area contributed by atoms with Crippen LogP contribution in [-0.2, 0) is 4.08 Å². The van der Waals surface area contributed by atoms with Crippen molar-refractivity contribution < 1.29 is 0 Å². The van der Waals surface area contributed by atoms with Gasteiger partial charge < -0.3 is 9.47 Å². The Morgan fingerprint density at radius 2 is 1.16 bits per heavy atom. The number of aromatic nitrogens is 1. The lowest BCUT2D eigenvalue weighted by molar-refractivity contribution is 0.723. The molecule has 0 saturated carbocycles. The van der Waals surface area contributed by atoms with Crippen LogP contribution in [-0.4, -0.2) is 42.1 Å². The molecule has 0 amide bonds. The van der Waals surface area contributed by atoms with Crippen LogP contribution in [0, 0.1) is 0 Å². The average Bonchev–Trinajstić information content (AvgIpc) is 3.74. The Labute approximate surface area is 347 Å². The zero-order chi connectivity index (χ0) is 40.0. The summed E-state index contributed by atoms with van der Waals surface area (Å²) in [5.41, 5.74) is 17.0. The number of hydrogen-bond acceptors (Lipinski definition) is 1. The van der Waals surface area contributed by atoms with Crippen molar-refractivity contribution in [3.8, 4) is 27.9 Å². The minimum atomic E-state index is -1.17. The monoisotopic (exact) mass is 792 g/mol. The molecule has 10 rings (SSSR count). The third kappa shape index (κ3) is 5.48. The van der Waals surface area contributed by atoms with Gasteiger partial charge in [0.1, 0.15) is 0 Å². The van der Waals surface area contributed by atoms with Crippen molar-refractivity contribution in [2.24, 2.45) is 0 Å². The molecule has 0 radical (unpaired) electrons. The van der Waals surface area contributed by atoms with Crippen molar-refractivity contribution in [3.63, 3.8) is 0 Å². The van der Waals surface area contributed by atoms with Crippen LogP contribution in [0.5, 0.6) is 0 Å². The second-order valence-electron chi connectivity index (χ2n) is 17.7. The van der Waals surface area contributed by atoms with Gasteiger partial charge in [-0.25, -0.2) is 20.1 Å². The molecule has 2 aliphatic carbocycles. The zero-order valence-electron chi connectivity index (χ0n) is 34.7. The van der Waals surface area contributed by atoms with E-state index in [-0.39, 0.29) is 4.08 Å². The molecule has 1 atom stereocenters. The summed E-state index contributed by atoms with van der Waals surface area (Å²) >= 11 is 0. The number of rotatable bonds is 7. The van der Waals surface area contributed by atoms with Crippen molar-refractivity contribution in [3.05, 3.63) is 186 Å². The minimum absolute atomic E-state index is 0.0824. The van der Waals surface area contributed by atoms with Gasteiger partial charge in [0, 0.05) is 45.3 Å². The predicted molar refractivity (Wildman–Crippen MR) is 260 cm³/mol. The summed E-state index contributed by atoms with van der Waals surface area (Å²) in [5.74, 6) is 0.467. The first-order valence-corrected chi connectivity index (χ1v) is 26.1. The van der Waals surface area contributed by atoms with Crippen LogP contribution in [0.15, 0.2) is 164 Å². The highest BCUT2D eigenvalue weighted by Crippen LogP contribution is 2.80. The molecule has 2 aliphatic rings. The third-order valence-electron chi connectivity index (χ3n) is 12.7. The van der Waals surface area contributed by atoms with E-state index in [0.717, 1.165) is 17.8 Å². The zero-order valence-corrected chi connectivity index (χ0v) is 36.3. The van der Waals surface area contributed by atoms with Crippen molar-refractivity contribution >= 4 is 64.9 Å². The van der Waals surface area contributed by atoms with E-state index in [1.165, 1.54) is 72.1 Å². The van der Waals surface area contributed by atoms with Crippen LogP contribution in [0.4, 0.5) is 17.1 Å². The number of hydrogen-bond donors (Lipinski definition) is 0. The quantitative estimate of drug-likeness (QED) is 0.156. The number of fused-ring (bicyclic) bond motifs is 8. The number of para-hydroxylation sites is 2. The smallest absolute Gasteiger partial charge is 0.0818 e. The Hall–Kier alpha value is -5.42. The van der Waals surface area contributed by atoms with Crippen LogP contribution in [0.25, 0.3) is 55.7 Å². The van der Waals surface area contributed by atoms with Gasteiger partial charge in [-0.1, -0.05) is 122 Å². The van der Waals surface area contributed by atoms with E-state index in [9.17, 15) is 0 Å². The molecule has 0 saturated heterocycles. The van der Waals surface area contributed by atoms with E-state index < -0.39 is 20.1 Å². The molecule has 0 aliphatic heterocycles. The van der Waals surface area contributed by atoms with Gasteiger partial charge >= 0.3 is 0 Å². The average molecular weight is 793 g/mol. The van der Waals surface area contributed by atoms with Crippen molar-refractivity contribution in [1.29, 1.82) is 0 Å². The molecule has 58 heavy (non-hydrogen) atoms. The maximum Gasteiger partial charge on any atom is 0.0818 e. The summed E-state index contributed by atoms with van der Waals surface area (Å²) in [7, 11) is -2.34. The number of anilines is 3. The summed E-state index contributed by atoms with van der Waals surface area (Å²) in [6, 6.07) is 59.2. The van der Waals surface area contributed by atoms with Gasteiger partial charge in [0.05, 0.1) is 9.60 Å². The SMILES string of the molecule is CC1CC=Cc2c1n(-c1ccc(-c3ccc(N(c4ccccc4)c4ccc5c(c4)C(S(C)(C)C)(S(C)(C)C)c4c-5ccc5ccccc45)cc3)cc1)c1ccccc21. The molecule has 1 aromatic heterocycles. The largest absolute Gasteiger partial charge is 0.313 e. The van der Waals surface area contributed by atoms with Gasteiger partial charge in [-0.3, -0.25) is 0 Å². The maximum atomic E-state index is 2.56. The molecule has 0 spiro atoms. The van der Waals surface area contributed by atoms with Crippen molar-refractivity contribution in [2.45, 2.75) is 23.3 Å². The highest BCUT2D eigenvalue weighted by molar-refractivity contribution is 8.48. The summed E-state index contributed by atoms with van der Waals surface area (Å²) in [6.45, 7) is 2.35. The molecular formula is C54H52N2S2. The van der Waals surface area contributed by atoms with Crippen molar-refractivity contribution in [1.82, 2.24) is 4.57 Å². The fraction of sp³-hybridized carbons (Fsp3) is 0.185. The maximum absolute atomic E-state index is 2.56. The Bertz CT molecular complexity index is 2870. The standard InChI is InChI=1S/C54H52N2S2/c1-37-16-15-22-49-47-21-13-14-23-51(47)56(53(37)49)43-31-26-39(27-32-43)38-24-29-42(30-25-38)55(41-18-9-8-10-19-41)44-33-35-46-48-34-28-40-17-11-12-20-45(40)52(48)54(50(46)36-44,57(2,3)4)58(5,6)7/h8-15,17-37H,16H2,1-7H3. The summed E-state index contributed by atoms with van der Waals surface area (Å²) in [6.07, 6.45) is 21.0. The highest BCUT2D eigenvalue weighted by Gasteiger charge is 2.55. The molecule has 1 heterocycles. The molecular weight excluding hydrogens is 741 g/mol. The molecule has 0 fully saturated rings. The fourth-order valence-electron chi connectivity index (χ4n) is 10.5. The third-order valence-corrected chi connectivity index (χ3v) is 20.0. The summed E-state index contributed by atoms with van der Waals surface area (Å²) < 4.78 is 2.40. The Balaban J connectivity index is 1.07. The molecule has 4 heteroatoms. The molecule has 1 unspecified atom stereocenters. The van der Waals surface area contributed by atoms with Crippen LogP contribution < -0.4 is 4.90 Å². The van der Waals surface area contributed by atoms with Gasteiger partial charge in [-0.2, -0.15) is 0 Å². The summed E-state index contributed by atoms with van der Waals surface area (Å²) in [4.78, 5) is 2.45. The number of allylic oxidation sites excluding steroid dienone is 1. The Morgan fingerprint density at radius 1 is 0.569 bits per heavy atom. The van der Waals surface area contributed by atoms with Gasteiger partial charge in [-0.15, -0.1) is 0 Å². The normalized spacial score (nSPS) is 16.2. The molecule has 290 valence electrons. The first kappa shape index (κ1) is 36.9. The van der Waals surface area contributed by atoms with E-state index in [0.29, 0.717) is 5.92 Å². The van der Waals surface area contributed by atoms with E-state index in [1.54, 1.807) is 5.56 Å². The van der Waals surface area contributed by atoms with Crippen molar-refractivity contribution in [2.75, 3.05) is 42.4 Å². The molecule has 0 bridgehead atoms. The number of nitrogens with zero attached hydrogens (tertiary/aromatic N) is 2. The van der Waals surface area contributed by atoms with E-state index in [1.807, 2.05) is 0 Å². The Morgan fingerprint density at radius 3 is 1.86 bits per heavy atom. The van der Waals surface area contributed by atoms with Crippen LogP contribution >= 0.6 is 20.1 Å². The predicted octanol–water partition coefficient (Wildman–Crippen LogP) is 15.0. The first-order valence-electron chi connectivity index (χ1n) is 20.4. The minimum Gasteiger partial charge on any atom is -0.313 e. The lowest BCUT2D eigenvalue weighted by Gasteiger charge is -2.59. The molecule has 2 nitrogen and oxygen atoms in total. The second-order valence-corrected chi connectivity index (χ2v) is 26.5. The van der Waals surface area contributed by atoms with Gasteiger partial charge in [-0.05, 0) is 143 Å². The lowest BCUT2D eigenvalue weighted by Crippen LogP contribution is -2.36. The molecule has 0 N–H and O–H groups in total. The van der Waals surface area contributed by atoms with Crippen LogP contribution in [0.3, 0.4) is 0 Å². The molecule has 7 aromatic carbocycles. The Kier molecular flexibility index (Phi) is 8.64. The fourth-order valence-corrected chi connectivity index (χ4v) is 19.9. The second kappa shape index (κ2) is 13.6. The topological polar surface area (TPSA) is 8.17 Å². The highest BCUT2D eigenvalue weighted by atomic mass is 32.3. The first-order chi connectivity index (χ1) is 28.0. The molecule has 8 aromatic rings. The van der Waals surface area contributed by atoms with Gasteiger partial charge in [0.25, 0.3) is 0 Å². The van der Waals surface area contributed by atoms with Crippen LogP contribution in [0.1, 0.15) is 41.6 Å². The number of benzene rings is 7. The van der Waals surface area contributed by atoms with Gasteiger partial charge in [0.2, 0.25) is 0 Å². The lowest BCUT2D eigenvalue weighted by atomic mass is 9.93. The summed E-state index contributed by atoms with van der Waals surface area (Å²) in [5, 5.41) is 4.06. The van der Waals surface area contributed by atoms with E-state index >= 15 is 0 Å². The van der Waals surface area contributed by atoms with Gasteiger partial charge in [0.15, 0.2) is 0 Å².